The molecule has 3 nitrogen and oxygen atoms in total. The molecule has 1 N–H and O–H groups in total. The molecule has 2 aromatic carbocycles. The predicted molar refractivity (Wildman–Crippen MR) is 108 cm³/mol. The fraction of sp³-hybridized carbons (Fsp3) is 0.435. The normalized spacial score (nSPS) is 17.8. The summed E-state index contributed by atoms with van der Waals surface area (Å²) in [4.78, 5) is 14.7. The van der Waals surface area contributed by atoms with Gasteiger partial charge in [-0.05, 0) is 55.0 Å². The SMILES string of the molecule is CC1CCCN(CCCNC(=O)Cc2ccc(-c3ccccc3)cc2)C1. The summed E-state index contributed by atoms with van der Waals surface area (Å²) < 4.78 is 0. The average molecular weight is 351 g/mol. The van der Waals surface area contributed by atoms with E-state index in [1.54, 1.807) is 0 Å². The number of benzene rings is 2. The molecule has 0 bridgehead atoms. The molecule has 0 radical (unpaired) electrons. The topological polar surface area (TPSA) is 32.3 Å². The van der Waals surface area contributed by atoms with Gasteiger partial charge in [-0.3, -0.25) is 4.79 Å². The smallest absolute Gasteiger partial charge is 0.224 e. The van der Waals surface area contributed by atoms with Gasteiger partial charge in [-0.2, -0.15) is 0 Å². The minimum atomic E-state index is 0.115. The van der Waals surface area contributed by atoms with E-state index in [1.165, 1.54) is 37.1 Å². The van der Waals surface area contributed by atoms with E-state index in [0.717, 1.165) is 31.0 Å². The van der Waals surface area contributed by atoms with Crippen molar-refractivity contribution in [3.63, 3.8) is 0 Å². The van der Waals surface area contributed by atoms with E-state index in [-0.39, 0.29) is 5.91 Å². The van der Waals surface area contributed by atoms with Crippen molar-refractivity contribution in [2.24, 2.45) is 5.92 Å². The summed E-state index contributed by atoms with van der Waals surface area (Å²) in [6.45, 7) is 6.62. The molecule has 1 unspecified atom stereocenters. The van der Waals surface area contributed by atoms with Gasteiger partial charge in [-0.1, -0.05) is 61.5 Å². The maximum absolute atomic E-state index is 12.1. The third-order valence-electron chi connectivity index (χ3n) is 5.14. The van der Waals surface area contributed by atoms with Gasteiger partial charge < -0.3 is 10.2 Å². The quantitative estimate of drug-likeness (QED) is 0.761. The van der Waals surface area contributed by atoms with Crippen molar-refractivity contribution in [3.05, 3.63) is 60.2 Å². The molecular formula is C23H30N2O. The van der Waals surface area contributed by atoms with Crippen molar-refractivity contribution in [2.75, 3.05) is 26.2 Å². The first-order valence-corrected chi connectivity index (χ1v) is 9.84. The van der Waals surface area contributed by atoms with Gasteiger partial charge in [0.05, 0.1) is 6.42 Å². The van der Waals surface area contributed by atoms with Crippen molar-refractivity contribution in [1.29, 1.82) is 0 Å². The van der Waals surface area contributed by atoms with Crippen LogP contribution in [0.2, 0.25) is 0 Å². The van der Waals surface area contributed by atoms with Gasteiger partial charge in [-0.25, -0.2) is 0 Å². The summed E-state index contributed by atoms with van der Waals surface area (Å²) in [5.41, 5.74) is 3.45. The lowest BCUT2D eigenvalue weighted by Gasteiger charge is -2.30. The predicted octanol–water partition coefficient (Wildman–Crippen LogP) is 4.13. The number of piperidine rings is 1. The van der Waals surface area contributed by atoms with Crippen LogP contribution in [0, 0.1) is 5.92 Å². The Morgan fingerprint density at radius 3 is 2.54 bits per heavy atom. The van der Waals surface area contributed by atoms with Crippen molar-refractivity contribution in [2.45, 2.75) is 32.6 Å². The molecule has 0 aromatic heterocycles. The van der Waals surface area contributed by atoms with Gasteiger partial charge in [0.15, 0.2) is 0 Å². The standard InChI is InChI=1S/C23H30N2O/c1-19-7-5-15-25(18-19)16-6-14-24-23(26)17-20-10-12-22(13-11-20)21-8-3-2-4-9-21/h2-4,8-13,19H,5-7,14-18H2,1H3,(H,24,26). The molecule has 26 heavy (non-hydrogen) atoms. The highest BCUT2D eigenvalue weighted by atomic mass is 16.1. The Bertz CT molecular complexity index is 681. The van der Waals surface area contributed by atoms with E-state index < -0.39 is 0 Å². The lowest BCUT2D eigenvalue weighted by atomic mass is 10.0. The second-order valence-corrected chi connectivity index (χ2v) is 7.49. The van der Waals surface area contributed by atoms with Crippen molar-refractivity contribution >= 4 is 5.91 Å². The maximum Gasteiger partial charge on any atom is 0.224 e. The molecule has 1 heterocycles. The summed E-state index contributed by atoms with van der Waals surface area (Å²) in [5.74, 6) is 0.932. The molecule has 3 rings (SSSR count). The van der Waals surface area contributed by atoms with Gasteiger partial charge >= 0.3 is 0 Å². The average Bonchev–Trinajstić information content (AvgIpc) is 2.67. The van der Waals surface area contributed by atoms with Crippen LogP contribution in [-0.2, 0) is 11.2 Å². The minimum Gasteiger partial charge on any atom is -0.356 e. The third kappa shape index (κ3) is 5.70. The van der Waals surface area contributed by atoms with Gasteiger partial charge in [0, 0.05) is 13.1 Å². The van der Waals surface area contributed by atoms with Gasteiger partial charge in [0.25, 0.3) is 0 Å². The second-order valence-electron chi connectivity index (χ2n) is 7.49. The molecule has 1 aliphatic heterocycles. The molecular weight excluding hydrogens is 320 g/mol. The van der Waals surface area contributed by atoms with E-state index in [0.29, 0.717) is 6.42 Å². The molecule has 138 valence electrons. The lowest BCUT2D eigenvalue weighted by Crippen LogP contribution is -2.36. The highest BCUT2D eigenvalue weighted by Gasteiger charge is 2.15. The Morgan fingerprint density at radius 2 is 1.81 bits per heavy atom. The number of nitrogens with zero attached hydrogens (tertiary/aromatic N) is 1. The monoisotopic (exact) mass is 350 g/mol. The van der Waals surface area contributed by atoms with Crippen molar-refractivity contribution in [3.8, 4) is 11.1 Å². The summed E-state index contributed by atoms with van der Waals surface area (Å²) in [6.07, 6.45) is 4.16. The lowest BCUT2D eigenvalue weighted by molar-refractivity contribution is -0.120. The fourth-order valence-electron chi connectivity index (χ4n) is 3.71. The largest absolute Gasteiger partial charge is 0.356 e. The first-order chi connectivity index (χ1) is 12.7. The van der Waals surface area contributed by atoms with Crippen LogP contribution in [0.25, 0.3) is 11.1 Å². The maximum atomic E-state index is 12.1. The molecule has 1 amide bonds. The number of likely N-dealkylation sites (tertiary alicyclic amines) is 1. The Morgan fingerprint density at radius 1 is 1.08 bits per heavy atom. The first kappa shape index (κ1) is 18.7. The van der Waals surface area contributed by atoms with Crippen molar-refractivity contribution in [1.82, 2.24) is 10.2 Å². The van der Waals surface area contributed by atoms with E-state index in [2.05, 4.69) is 53.5 Å². The highest BCUT2D eigenvalue weighted by Crippen LogP contribution is 2.19. The summed E-state index contributed by atoms with van der Waals surface area (Å²) >= 11 is 0. The number of rotatable bonds is 7. The van der Waals surface area contributed by atoms with Crippen LogP contribution >= 0.6 is 0 Å². The van der Waals surface area contributed by atoms with Crippen LogP contribution in [0.5, 0.6) is 0 Å². The van der Waals surface area contributed by atoms with Crippen LogP contribution < -0.4 is 5.32 Å². The molecule has 0 aliphatic carbocycles. The zero-order chi connectivity index (χ0) is 18.2. The Kier molecular flexibility index (Phi) is 6.84. The molecule has 2 aromatic rings. The van der Waals surface area contributed by atoms with E-state index in [9.17, 15) is 4.79 Å². The van der Waals surface area contributed by atoms with Crippen molar-refractivity contribution < 1.29 is 4.79 Å². The molecule has 0 spiro atoms. The molecule has 1 aliphatic rings. The minimum absolute atomic E-state index is 0.115. The van der Waals surface area contributed by atoms with Crippen LogP contribution in [0.1, 0.15) is 31.7 Å². The summed E-state index contributed by atoms with van der Waals surface area (Å²) in [6, 6.07) is 18.6. The van der Waals surface area contributed by atoms with Gasteiger partial charge in [0.2, 0.25) is 5.91 Å². The summed E-state index contributed by atoms with van der Waals surface area (Å²) in [7, 11) is 0. The number of carbonyl (C=O) groups is 1. The second kappa shape index (κ2) is 9.54. The number of hydrogen-bond acceptors (Lipinski definition) is 2. The zero-order valence-corrected chi connectivity index (χ0v) is 15.8. The van der Waals surface area contributed by atoms with Gasteiger partial charge in [0.1, 0.15) is 0 Å². The molecule has 1 saturated heterocycles. The Hall–Kier alpha value is -2.13. The number of carbonyl (C=O) groups excluding carboxylic acids is 1. The number of nitrogens with one attached hydrogen (secondary N) is 1. The fourth-order valence-corrected chi connectivity index (χ4v) is 3.71. The number of amides is 1. The van der Waals surface area contributed by atoms with E-state index in [4.69, 9.17) is 0 Å². The summed E-state index contributed by atoms with van der Waals surface area (Å²) in [5, 5.41) is 3.06. The molecule has 1 atom stereocenters. The molecule has 1 fully saturated rings. The Balaban J connectivity index is 1.38. The first-order valence-electron chi connectivity index (χ1n) is 9.84. The Labute approximate surface area is 157 Å². The zero-order valence-electron chi connectivity index (χ0n) is 15.8. The van der Waals surface area contributed by atoms with Gasteiger partial charge in [-0.15, -0.1) is 0 Å². The van der Waals surface area contributed by atoms with E-state index >= 15 is 0 Å². The van der Waals surface area contributed by atoms with Crippen LogP contribution in [0.15, 0.2) is 54.6 Å². The van der Waals surface area contributed by atoms with Crippen LogP contribution in [0.4, 0.5) is 0 Å². The van der Waals surface area contributed by atoms with Crippen LogP contribution in [0.3, 0.4) is 0 Å². The third-order valence-corrected chi connectivity index (χ3v) is 5.14. The molecule has 0 saturated carbocycles. The van der Waals surface area contributed by atoms with E-state index in [1.807, 2.05) is 18.2 Å². The highest BCUT2D eigenvalue weighted by molar-refractivity contribution is 5.78. The molecule has 3 heteroatoms. The van der Waals surface area contributed by atoms with Crippen LogP contribution in [-0.4, -0.2) is 37.0 Å². The number of hydrogen-bond donors (Lipinski definition) is 1.